The van der Waals surface area contributed by atoms with E-state index < -0.39 is 6.10 Å². The molecule has 1 saturated heterocycles. The summed E-state index contributed by atoms with van der Waals surface area (Å²) >= 11 is 0. The number of hydrogen-bond acceptors (Lipinski definition) is 3. The van der Waals surface area contributed by atoms with Gasteiger partial charge in [0.15, 0.2) is 6.10 Å². The van der Waals surface area contributed by atoms with E-state index >= 15 is 0 Å². The number of likely N-dealkylation sites (tertiary alicyclic amines) is 1. The molecular formula is C16H22N2O3. The molecule has 0 saturated carbocycles. The molecule has 0 radical (unpaired) electrons. The zero-order chi connectivity index (χ0) is 15.1. The van der Waals surface area contributed by atoms with Crippen LogP contribution in [0.3, 0.4) is 0 Å². The van der Waals surface area contributed by atoms with Crippen LogP contribution in [0.4, 0.5) is 0 Å². The average molecular weight is 290 g/mol. The molecule has 0 bridgehead atoms. The molecule has 1 aliphatic rings. The summed E-state index contributed by atoms with van der Waals surface area (Å²) in [6.45, 7) is 3.85. The number of carbonyl (C=O) groups excluding carboxylic acids is 2. The van der Waals surface area contributed by atoms with Crippen LogP contribution >= 0.6 is 0 Å². The lowest BCUT2D eigenvalue weighted by molar-refractivity contribution is -0.127. The lowest BCUT2D eigenvalue weighted by Crippen LogP contribution is -2.38. The topological polar surface area (TPSA) is 58.6 Å². The Labute approximate surface area is 125 Å². The number of ether oxygens (including phenoxy) is 1. The van der Waals surface area contributed by atoms with Gasteiger partial charge in [-0.25, -0.2) is 0 Å². The summed E-state index contributed by atoms with van der Waals surface area (Å²) in [4.78, 5) is 25.2. The number of hydrogen-bond donors (Lipinski definition) is 1. The Morgan fingerprint density at radius 1 is 1.38 bits per heavy atom. The van der Waals surface area contributed by atoms with Gasteiger partial charge in [-0.05, 0) is 31.9 Å². The van der Waals surface area contributed by atoms with E-state index in [1.54, 1.807) is 6.92 Å². The van der Waals surface area contributed by atoms with Crippen molar-refractivity contribution in [2.75, 3.05) is 19.6 Å². The maximum Gasteiger partial charge on any atom is 0.260 e. The third-order valence-electron chi connectivity index (χ3n) is 3.50. The second-order valence-corrected chi connectivity index (χ2v) is 5.20. The second kappa shape index (κ2) is 7.67. The number of carbonyl (C=O) groups is 2. The summed E-state index contributed by atoms with van der Waals surface area (Å²) in [5.41, 5.74) is 0. The van der Waals surface area contributed by atoms with Gasteiger partial charge in [0.05, 0.1) is 0 Å². The molecule has 2 amide bonds. The highest BCUT2D eigenvalue weighted by molar-refractivity contribution is 5.80. The van der Waals surface area contributed by atoms with Crippen molar-refractivity contribution < 1.29 is 14.3 Å². The predicted octanol–water partition coefficient (Wildman–Crippen LogP) is 1.58. The van der Waals surface area contributed by atoms with Crippen molar-refractivity contribution >= 4 is 11.8 Å². The Hall–Kier alpha value is -2.04. The summed E-state index contributed by atoms with van der Waals surface area (Å²) < 4.78 is 5.55. The molecule has 21 heavy (non-hydrogen) atoms. The van der Waals surface area contributed by atoms with Crippen LogP contribution in [0.5, 0.6) is 5.75 Å². The molecular weight excluding hydrogens is 268 g/mol. The van der Waals surface area contributed by atoms with Gasteiger partial charge in [-0.2, -0.15) is 0 Å². The van der Waals surface area contributed by atoms with Crippen molar-refractivity contribution in [3.05, 3.63) is 30.3 Å². The van der Waals surface area contributed by atoms with Crippen LogP contribution < -0.4 is 10.1 Å². The van der Waals surface area contributed by atoms with Gasteiger partial charge in [-0.15, -0.1) is 0 Å². The maximum absolute atomic E-state index is 11.9. The van der Waals surface area contributed by atoms with Crippen molar-refractivity contribution in [2.24, 2.45) is 0 Å². The number of amides is 2. The Morgan fingerprint density at radius 3 is 2.81 bits per heavy atom. The third kappa shape index (κ3) is 4.77. The zero-order valence-electron chi connectivity index (χ0n) is 12.4. The molecule has 114 valence electrons. The Bertz CT molecular complexity index is 476. The minimum Gasteiger partial charge on any atom is -0.481 e. The summed E-state index contributed by atoms with van der Waals surface area (Å²) in [5.74, 6) is 0.775. The zero-order valence-corrected chi connectivity index (χ0v) is 12.4. The maximum atomic E-state index is 11.9. The van der Waals surface area contributed by atoms with Gasteiger partial charge in [-0.3, -0.25) is 9.59 Å². The van der Waals surface area contributed by atoms with Crippen molar-refractivity contribution in [1.82, 2.24) is 10.2 Å². The van der Waals surface area contributed by atoms with E-state index in [-0.39, 0.29) is 11.8 Å². The average Bonchev–Trinajstić information content (AvgIpc) is 2.90. The van der Waals surface area contributed by atoms with Crippen LogP contribution in [0.1, 0.15) is 26.2 Å². The monoisotopic (exact) mass is 290 g/mol. The highest BCUT2D eigenvalue weighted by Gasteiger charge is 2.19. The predicted molar refractivity (Wildman–Crippen MR) is 80.0 cm³/mol. The van der Waals surface area contributed by atoms with E-state index in [0.717, 1.165) is 19.4 Å². The summed E-state index contributed by atoms with van der Waals surface area (Å²) in [7, 11) is 0. The van der Waals surface area contributed by atoms with E-state index in [0.29, 0.717) is 25.3 Å². The van der Waals surface area contributed by atoms with Crippen LogP contribution in [0.2, 0.25) is 0 Å². The first-order valence-corrected chi connectivity index (χ1v) is 7.44. The molecule has 1 heterocycles. The highest BCUT2D eigenvalue weighted by Crippen LogP contribution is 2.11. The molecule has 0 aromatic heterocycles. The number of para-hydroxylation sites is 1. The van der Waals surface area contributed by atoms with Gasteiger partial charge in [0, 0.05) is 26.1 Å². The normalized spacial score (nSPS) is 15.9. The number of nitrogens with one attached hydrogen (secondary N) is 1. The van der Waals surface area contributed by atoms with Crippen LogP contribution in [0.25, 0.3) is 0 Å². The lowest BCUT2D eigenvalue weighted by atomic mass is 10.3. The molecule has 1 fully saturated rings. The van der Waals surface area contributed by atoms with Crippen LogP contribution in [0, 0.1) is 0 Å². The fourth-order valence-electron chi connectivity index (χ4n) is 2.32. The van der Waals surface area contributed by atoms with Gasteiger partial charge < -0.3 is 15.0 Å². The van der Waals surface area contributed by atoms with E-state index in [9.17, 15) is 9.59 Å². The fourth-order valence-corrected chi connectivity index (χ4v) is 2.32. The summed E-state index contributed by atoms with van der Waals surface area (Å²) in [5, 5.41) is 2.84. The minimum absolute atomic E-state index is 0.133. The van der Waals surface area contributed by atoms with Crippen molar-refractivity contribution in [3.63, 3.8) is 0 Å². The van der Waals surface area contributed by atoms with Gasteiger partial charge >= 0.3 is 0 Å². The van der Waals surface area contributed by atoms with E-state index in [1.807, 2.05) is 35.2 Å². The number of rotatable bonds is 7. The van der Waals surface area contributed by atoms with Crippen LogP contribution in [0.15, 0.2) is 30.3 Å². The minimum atomic E-state index is -0.527. The van der Waals surface area contributed by atoms with Gasteiger partial charge in [0.2, 0.25) is 5.91 Å². The first-order chi connectivity index (χ1) is 10.2. The molecule has 1 N–H and O–H groups in total. The molecule has 2 rings (SSSR count). The molecule has 1 atom stereocenters. The molecule has 1 aliphatic heterocycles. The largest absolute Gasteiger partial charge is 0.481 e. The first-order valence-electron chi connectivity index (χ1n) is 7.44. The van der Waals surface area contributed by atoms with E-state index in [4.69, 9.17) is 4.74 Å². The van der Waals surface area contributed by atoms with Crippen LogP contribution in [-0.4, -0.2) is 42.5 Å². The molecule has 5 nitrogen and oxygen atoms in total. The Kier molecular flexibility index (Phi) is 5.60. The first kappa shape index (κ1) is 15.4. The van der Waals surface area contributed by atoms with Crippen LogP contribution in [-0.2, 0) is 9.59 Å². The quantitative estimate of drug-likeness (QED) is 0.776. The SMILES string of the molecule is CC(Oc1ccccc1)C(=O)NCCCN1CCCC1=O. The molecule has 1 aromatic rings. The Balaban J connectivity index is 1.63. The lowest BCUT2D eigenvalue weighted by Gasteiger charge is -2.17. The van der Waals surface area contributed by atoms with Crippen molar-refractivity contribution in [2.45, 2.75) is 32.3 Å². The highest BCUT2D eigenvalue weighted by atomic mass is 16.5. The third-order valence-corrected chi connectivity index (χ3v) is 3.50. The fraction of sp³-hybridized carbons (Fsp3) is 0.500. The molecule has 0 spiro atoms. The van der Waals surface area contributed by atoms with E-state index in [1.165, 1.54) is 0 Å². The molecule has 1 unspecified atom stereocenters. The van der Waals surface area contributed by atoms with Gasteiger partial charge in [-0.1, -0.05) is 18.2 Å². The standard InChI is InChI=1S/C16H22N2O3/c1-13(21-14-7-3-2-4-8-14)16(20)17-10-6-12-18-11-5-9-15(18)19/h2-4,7-8,13H,5-6,9-12H2,1H3,(H,17,20). The van der Waals surface area contributed by atoms with Crippen molar-refractivity contribution in [1.29, 1.82) is 0 Å². The number of benzene rings is 1. The second-order valence-electron chi connectivity index (χ2n) is 5.20. The summed E-state index contributed by atoms with van der Waals surface area (Å²) in [6, 6.07) is 9.28. The van der Waals surface area contributed by atoms with Gasteiger partial charge in [0.1, 0.15) is 5.75 Å². The smallest absolute Gasteiger partial charge is 0.260 e. The van der Waals surface area contributed by atoms with E-state index in [2.05, 4.69) is 5.32 Å². The van der Waals surface area contributed by atoms with Gasteiger partial charge in [0.25, 0.3) is 5.91 Å². The van der Waals surface area contributed by atoms with Crippen molar-refractivity contribution in [3.8, 4) is 5.75 Å². The summed E-state index contributed by atoms with van der Waals surface area (Å²) in [6.07, 6.45) is 1.86. The molecule has 1 aromatic carbocycles. The molecule has 5 heteroatoms. The Morgan fingerprint density at radius 2 is 2.14 bits per heavy atom. The number of nitrogens with zero attached hydrogens (tertiary/aromatic N) is 1. The molecule has 0 aliphatic carbocycles.